The van der Waals surface area contributed by atoms with E-state index in [1.54, 1.807) is 19.1 Å². The Hall–Kier alpha value is -1.30. The van der Waals surface area contributed by atoms with Crippen LogP contribution >= 0.6 is 0 Å². The maximum Gasteiger partial charge on any atom is 0.276 e. The fourth-order valence-corrected chi connectivity index (χ4v) is 0.785. The first kappa shape index (κ1) is 10.8. The summed E-state index contributed by atoms with van der Waals surface area (Å²) < 4.78 is 25.4. The summed E-state index contributed by atoms with van der Waals surface area (Å²) in [7, 11) is 0. The Morgan fingerprint density at radius 3 is 2.64 bits per heavy atom. The van der Waals surface area contributed by atoms with Crippen molar-refractivity contribution in [2.75, 3.05) is 18.4 Å². The fourth-order valence-electron chi connectivity index (χ4n) is 0.785. The van der Waals surface area contributed by atoms with Gasteiger partial charge in [0.2, 0.25) is 0 Å². The average molecular weight is 202 g/mol. The van der Waals surface area contributed by atoms with Crippen LogP contribution in [0.3, 0.4) is 0 Å². The van der Waals surface area contributed by atoms with Gasteiger partial charge in [-0.1, -0.05) is 0 Å². The van der Waals surface area contributed by atoms with Crippen molar-refractivity contribution >= 4 is 5.82 Å². The van der Waals surface area contributed by atoms with Crippen molar-refractivity contribution in [2.45, 2.75) is 12.8 Å². The third kappa shape index (κ3) is 3.21. The van der Waals surface area contributed by atoms with Crippen LogP contribution in [0, 0.1) is 6.92 Å². The Bertz CT molecular complexity index is 286. The molecule has 0 radical (unpaired) electrons. The number of hydrogen-bond donors (Lipinski definition) is 2. The lowest BCUT2D eigenvalue weighted by molar-refractivity contribution is 0.0253. The molecule has 0 saturated carbocycles. The SMILES string of the molecule is Cc1ccc(NCC(F)(F)CN)nn1. The third-order valence-electron chi connectivity index (χ3n) is 1.62. The maximum atomic E-state index is 12.7. The molecule has 1 aromatic rings. The van der Waals surface area contributed by atoms with Crippen molar-refractivity contribution in [3.63, 3.8) is 0 Å². The predicted molar refractivity (Wildman–Crippen MR) is 49.3 cm³/mol. The molecule has 4 nitrogen and oxygen atoms in total. The lowest BCUT2D eigenvalue weighted by Gasteiger charge is -2.14. The molecule has 0 bridgehead atoms. The normalized spacial score (nSPS) is 11.4. The van der Waals surface area contributed by atoms with Gasteiger partial charge in [0.05, 0.1) is 18.8 Å². The van der Waals surface area contributed by atoms with E-state index in [1.165, 1.54) is 0 Å². The zero-order valence-corrected chi connectivity index (χ0v) is 7.80. The highest BCUT2D eigenvalue weighted by atomic mass is 19.3. The summed E-state index contributed by atoms with van der Waals surface area (Å²) in [6, 6.07) is 3.28. The summed E-state index contributed by atoms with van der Waals surface area (Å²) in [5, 5.41) is 9.86. The lowest BCUT2D eigenvalue weighted by atomic mass is 10.3. The molecule has 0 fully saturated rings. The van der Waals surface area contributed by atoms with E-state index in [0.717, 1.165) is 5.69 Å². The van der Waals surface area contributed by atoms with Crippen LogP contribution in [-0.4, -0.2) is 29.2 Å². The first-order valence-corrected chi connectivity index (χ1v) is 4.15. The van der Waals surface area contributed by atoms with E-state index in [2.05, 4.69) is 15.5 Å². The second kappa shape index (κ2) is 4.28. The monoisotopic (exact) mass is 202 g/mol. The number of rotatable bonds is 4. The molecule has 3 N–H and O–H groups in total. The third-order valence-corrected chi connectivity index (χ3v) is 1.62. The average Bonchev–Trinajstić information content (AvgIpc) is 2.17. The molecule has 0 amide bonds. The molecule has 0 spiro atoms. The molecule has 0 atom stereocenters. The van der Waals surface area contributed by atoms with E-state index in [0.29, 0.717) is 5.82 Å². The van der Waals surface area contributed by atoms with Gasteiger partial charge in [0.25, 0.3) is 5.92 Å². The number of hydrogen-bond acceptors (Lipinski definition) is 4. The highest BCUT2D eigenvalue weighted by Gasteiger charge is 2.26. The highest BCUT2D eigenvalue weighted by Crippen LogP contribution is 2.11. The Balaban J connectivity index is 2.50. The van der Waals surface area contributed by atoms with Crippen molar-refractivity contribution in [1.82, 2.24) is 10.2 Å². The summed E-state index contributed by atoms with van der Waals surface area (Å²) in [4.78, 5) is 0. The van der Waals surface area contributed by atoms with Crippen LogP contribution in [0.5, 0.6) is 0 Å². The van der Waals surface area contributed by atoms with Crippen LogP contribution in [-0.2, 0) is 0 Å². The van der Waals surface area contributed by atoms with Crippen LogP contribution in [0.4, 0.5) is 14.6 Å². The smallest absolute Gasteiger partial charge is 0.276 e. The number of aryl methyl sites for hydroxylation is 1. The minimum atomic E-state index is -2.91. The number of anilines is 1. The number of aromatic nitrogens is 2. The highest BCUT2D eigenvalue weighted by molar-refractivity contribution is 5.33. The Labute approximate surface area is 80.5 Å². The lowest BCUT2D eigenvalue weighted by Crippen LogP contribution is -2.35. The van der Waals surface area contributed by atoms with Gasteiger partial charge in [-0.3, -0.25) is 0 Å². The minimum Gasteiger partial charge on any atom is -0.362 e. The summed E-state index contributed by atoms with van der Waals surface area (Å²) in [6.07, 6.45) is 0. The number of alkyl halides is 2. The Morgan fingerprint density at radius 2 is 2.14 bits per heavy atom. The van der Waals surface area contributed by atoms with Crippen molar-refractivity contribution in [3.05, 3.63) is 17.8 Å². The largest absolute Gasteiger partial charge is 0.362 e. The van der Waals surface area contributed by atoms with Gasteiger partial charge in [-0.15, -0.1) is 5.10 Å². The molecular weight excluding hydrogens is 190 g/mol. The minimum absolute atomic E-state index is 0.323. The van der Waals surface area contributed by atoms with Crippen molar-refractivity contribution in [3.8, 4) is 0 Å². The van der Waals surface area contributed by atoms with Crippen molar-refractivity contribution in [1.29, 1.82) is 0 Å². The molecule has 0 aliphatic heterocycles. The molecule has 0 aliphatic carbocycles. The number of halogens is 2. The van der Waals surface area contributed by atoms with Gasteiger partial charge in [0.1, 0.15) is 5.82 Å². The van der Waals surface area contributed by atoms with Crippen LogP contribution in [0.15, 0.2) is 12.1 Å². The summed E-state index contributed by atoms with van der Waals surface area (Å²) in [5.41, 5.74) is 5.61. The molecule has 0 saturated heterocycles. The molecular formula is C8H12F2N4. The van der Waals surface area contributed by atoms with Gasteiger partial charge in [0.15, 0.2) is 0 Å². The van der Waals surface area contributed by atoms with E-state index in [9.17, 15) is 8.78 Å². The Morgan fingerprint density at radius 1 is 1.43 bits per heavy atom. The first-order chi connectivity index (χ1) is 6.53. The van der Waals surface area contributed by atoms with E-state index in [1.807, 2.05) is 0 Å². The second-order valence-corrected chi connectivity index (χ2v) is 2.97. The molecule has 6 heteroatoms. The van der Waals surface area contributed by atoms with Crippen LogP contribution in [0.25, 0.3) is 0 Å². The fraction of sp³-hybridized carbons (Fsp3) is 0.500. The van der Waals surface area contributed by atoms with Crippen molar-refractivity contribution in [2.24, 2.45) is 5.73 Å². The van der Waals surface area contributed by atoms with Gasteiger partial charge < -0.3 is 11.1 Å². The van der Waals surface area contributed by atoms with E-state index in [-0.39, 0.29) is 0 Å². The standard InChI is InChI=1S/C8H12F2N4/c1-6-2-3-7(14-13-6)12-5-8(9,10)4-11/h2-3H,4-5,11H2,1H3,(H,12,14). The van der Waals surface area contributed by atoms with E-state index >= 15 is 0 Å². The van der Waals surface area contributed by atoms with Crippen LogP contribution < -0.4 is 11.1 Å². The molecule has 1 heterocycles. The topological polar surface area (TPSA) is 63.8 Å². The maximum absolute atomic E-state index is 12.7. The number of nitrogens with zero attached hydrogens (tertiary/aromatic N) is 2. The zero-order valence-electron chi connectivity index (χ0n) is 7.80. The summed E-state index contributed by atoms with van der Waals surface area (Å²) >= 11 is 0. The molecule has 0 unspecified atom stereocenters. The number of nitrogens with two attached hydrogens (primary N) is 1. The second-order valence-electron chi connectivity index (χ2n) is 2.97. The number of nitrogens with one attached hydrogen (secondary N) is 1. The van der Waals surface area contributed by atoms with Gasteiger partial charge in [-0.05, 0) is 19.1 Å². The molecule has 14 heavy (non-hydrogen) atoms. The zero-order chi connectivity index (χ0) is 10.6. The summed E-state index contributed by atoms with van der Waals surface area (Å²) in [6.45, 7) is 0.561. The predicted octanol–water partition coefficient (Wildman–Crippen LogP) is 0.791. The van der Waals surface area contributed by atoms with Crippen LogP contribution in [0.2, 0.25) is 0 Å². The quantitative estimate of drug-likeness (QED) is 0.757. The van der Waals surface area contributed by atoms with Gasteiger partial charge >= 0.3 is 0 Å². The Kier molecular flexibility index (Phi) is 3.29. The van der Waals surface area contributed by atoms with Gasteiger partial charge in [-0.2, -0.15) is 5.10 Å². The van der Waals surface area contributed by atoms with Gasteiger partial charge in [-0.25, -0.2) is 8.78 Å². The molecule has 1 rings (SSSR count). The molecule has 0 aliphatic rings. The molecule has 1 aromatic heterocycles. The first-order valence-electron chi connectivity index (χ1n) is 4.15. The van der Waals surface area contributed by atoms with E-state index in [4.69, 9.17) is 5.73 Å². The van der Waals surface area contributed by atoms with Gasteiger partial charge in [0, 0.05) is 0 Å². The molecule has 0 aromatic carbocycles. The van der Waals surface area contributed by atoms with Crippen molar-refractivity contribution < 1.29 is 8.78 Å². The summed E-state index contributed by atoms with van der Waals surface area (Å²) in [5.74, 6) is -2.59. The van der Waals surface area contributed by atoms with Crippen LogP contribution in [0.1, 0.15) is 5.69 Å². The van der Waals surface area contributed by atoms with E-state index < -0.39 is 19.0 Å². The molecule has 78 valence electrons.